The molecule has 21 heavy (non-hydrogen) atoms. The third-order valence-electron chi connectivity index (χ3n) is 4.20. The Bertz CT molecular complexity index is 634. The average Bonchev–Trinajstić information content (AvgIpc) is 2.49. The summed E-state index contributed by atoms with van der Waals surface area (Å²) in [5, 5.41) is 14.3. The number of benzene rings is 1. The lowest BCUT2D eigenvalue weighted by molar-refractivity contribution is 0.126. The van der Waals surface area contributed by atoms with E-state index in [4.69, 9.17) is 4.74 Å². The first-order valence-corrected chi connectivity index (χ1v) is 7.55. The van der Waals surface area contributed by atoms with Crippen molar-refractivity contribution in [1.82, 2.24) is 4.98 Å². The zero-order valence-corrected chi connectivity index (χ0v) is 12.6. The number of fused-ring (bicyclic) bond motifs is 1. The van der Waals surface area contributed by atoms with Gasteiger partial charge in [0.1, 0.15) is 5.75 Å². The van der Waals surface area contributed by atoms with Gasteiger partial charge in [-0.15, -0.1) is 0 Å². The fourth-order valence-electron chi connectivity index (χ4n) is 3.02. The molecule has 0 unspecified atom stereocenters. The number of nitrogens with one attached hydrogen (secondary N) is 1. The SMILES string of the molecule is COc1ccc2nc(C)cc(NC3CCC(O)CC3)c2c1. The molecule has 1 aromatic heterocycles. The van der Waals surface area contributed by atoms with E-state index in [9.17, 15) is 5.11 Å². The average molecular weight is 286 g/mol. The lowest BCUT2D eigenvalue weighted by Gasteiger charge is -2.27. The van der Waals surface area contributed by atoms with Gasteiger partial charge in [-0.1, -0.05) is 0 Å². The summed E-state index contributed by atoms with van der Waals surface area (Å²) in [5.74, 6) is 0.843. The van der Waals surface area contributed by atoms with E-state index in [1.165, 1.54) is 0 Å². The molecule has 2 N–H and O–H groups in total. The molecule has 0 aliphatic heterocycles. The van der Waals surface area contributed by atoms with Gasteiger partial charge < -0.3 is 15.2 Å². The molecule has 4 nitrogen and oxygen atoms in total. The lowest BCUT2D eigenvalue weighted by atomic mass is 9.93. The Balaban J connectivity index is 1.92. The maximum absolute atomic E-state index is 9.62. The van der Waals surface area contributed by atoms with E-state index < -0.39 is 0 Å². The Morgan fingerprint density at radius 2 is 1.95 bits per heavy atom. The zero-order valence-electron chi connectivity index (χ0n) is 12.6. The van der Waals surface area contributed by atoms with E-state index in [0.29, 0.717) is 6.04 Å². The minimum Gasteiger partial charge on any atom is -0.497 e. The van der Waals surface area contributed by atoms with Crippen LogP contribution in [0.4, 0.5) is 5.69 Å². The Morgan fingerprint density at radius 1 is 1.19 bits per heavy atom. The van der Waals surface area contributed by atoms with Crippen LogP contribution < -0.4 is 10.1 Å². The number of aryl methyl sites for hydroxylation is 1. The number of aliphatic hydroxyl groups is 1. The molecule has 0 radical (unpaired) electrons. The van der Waals surface area contributed by atoms with Gasteiger partial charge >= 0.3 is 0 Å². The molecule has 1 fully saturated rings. The van der Waals surface area contributed by atoms with Crippen LogP contribution in [-0.2, 0) is 0 Å². The van der Waals surface area contributed by atoms with Crippen LogP contribution in [0.25, 0.3) is 10.9 Å². The molecule has 112 valence electrons. The number of hydrogen-bond donors (Lipinski definition) is 2. The Morgan fingerprint density at radius 3 is 2.67 bits per heavy atom. The highest BCUT2D eigenvalue weighted by Gasteiger charge is 2.20. The van der Waals surface area contributed by atoms with E-state index in [1.54, 1.807) is 7.11 Å². The first kappa shape index (κ1) is 14.1. The van der Waals surface area contributed by atoms with Crippen molar-refractivity contribution in [3.05, 3.63) is 30.0 Å². The molecule has 0 atom stereocenters. The number of nitrogens with zero attached hydrogens (tertiary/aromatic N) is 1. The second kappa shape index (κ2) is 5.90. The van der Waals surface area contributed by atoms with Crippen molar-refractivity contribution in [2.75, 3.05) is 12.4 Å². The topological polar surface area (TPSA) is 54.4 Å². The summed E-state index contributed by atoms with van der Waals surface area (Å²) in [4.78, 5) is 4.58. The van der Waals surface area contributed by atoms with Gasteiger partial charge in [0.05, 0.1) is 18.7 Å². The van der Waals surface area contributed by atoms with Gasteiger partial charge in [0.25, 0.3) is 0 Å². The van der Waals surface area contributed by atoms with Crippen LogP contribution in [0.5, 0.6) is 5.75 Å². The molecule has 0 spiro atoms. The number of anilines is 1. The number of aromatic nitrogens is 1. The number of ether oxygens (including phenoxy) is 1. The molecular formula is C17H22N2O2. The number of rotatable bonds is 3. The van der Waals surface area contributed by atoms with E-state index in [1.807, 2.05) is 25.1 Å². The molecule has 1 aromatic carbocycles. The van der Waals surface area contributed by atoms with E-state index >= 15 is 0 Å². The molecule has 1 heterocycles. The summed E-state index contributed by atoms with van der Waals surface area (Å²) in [6, 6.07) is 8.48. The Labute approximate surface area is 125 Å². The largest absolute Gasteiger partial charge is 0.497 e. The van der Waals surface area contributed by atoms with Gasteiger partial charge in [-0.2, -0.15) is 0 Å². The second-order valence-electron chi connectivity index (χ2n) is 5.84. The quantitative estimate of drug-likeness (QED) is 0.909. The Hall–Kier alpha value is -1.81. The Kier molecular flexibility index (Phi) is 3.97. The van der Waals surface area contributed by atoms with E-state index in [0.717, 1.165) is 53.7 Å². The normalized spacial score (nSPS) is 22.2. The molecule has 0 bridgehead atoms. The molecule has 1 saturated carbocycles. The van der Waals surface area contributed by atoms with Crippen molar-refractivity contribution in [3.63, 3.8) is 0 Å². The van der Waals surface area contributed by atoms with Crippen molar-refractivity contribution in [3.8, 4) is 5.75 Å². The van der Waals surface area contributed by atoms with Crippen molar-refractivity contribution in [1.29, 1.82) is 0 Å². The predicted molar refractivity (Wildman–Crippen MR) is 84.9 cm³/mol. The monoisotopic (exact) mass is 286 g/mol. The first-order chi connectivity index (χ1) is 10.2. The van der Waals surface area contributed by atoms with Gasteiger partial charge in [0.15, 0.2) is 0 Å². The fourth-order valence-corrected chi connectivity index (χ4v) is 3.02. The highest BCUT2D eigenvalue weighted by Crippen LogP contribution is 2.30. The third kappa shape index (κ3) is 3.10. The molecule has 3 rings (SSSR count). The molecule has 1 aliphatic rings. The number of methoxy groups -OCH3 is 1. The van der Waals surface area contributed by atoms with Crippen molar-refractivity contribution in [2.24, 2.45) is 0 Å². The zero-order chi connectivity index (χ0) is 14.8. The van der Waals surface area contributed by atoms with Gasteiger partial charge in [0.2, 0.25) is 0 Å². The molecule has 1 aliphatic carbocycles. The fraction of sp³-hybridized carbons (Fsp3) is 0.471. The summed E-state index contributed by atoms with van der Waals surface area (Å²) in [5.41, 5.74) is 3.10. The molecule has 2 aromatic rings. The summed E-state index contributed by atoms with van der Waals surface area (Å²) in [6.45, 7) is 2.01. The third-order valence-corrected chi connectivity index (χ3v) is 4.20. The van der Waals surface area contributed by atoms with Gasteiger partial charge in [-0.3, -0.25) is 4.98 Å². The summed E-state index contributed by atoms with van der Waals surface area (Å²) < 4.78 is 5.32. The number of hydrogen-bond acceptors (Lipinski definition) is 4. The molecule has 0 amide bonds. The summed E-state index contributed by atoms with van der Waals surface area (Å²) >= 11 is 0. The first-order valence-electron chi connectivity index (χ1n) is 7.55. The van der Waals surface area contributed by atoms with Crippen LogP contribution in [0.3, 0.4) is 0 Å². The number of aliphatic hydroxyl groups excluding tert-OH is 1. The van der Waals surface area contributed by atoms with Crippen LogP contribution >= 0.6 is 0 Å². The summed E-state index contributed by atoms with van der Waals surface area (Å²) in [6.07, 6.45) is 3.65. The van der Waals surface area contributed by atoms with Gasteiger partial charge in [-0.05, 0) is 56.9 Å². The lowest BCUT2D eigenvalue weighted by Crippen LogP contribution is -2.28. The van der Waals surface area contributed by atoms with Crippen molar-refractivity contribution in [2.45, 2.75) is 44.8 Å². The minimum atomic E-state index is -0.126. The maximum Gasteiger partial charge on any atom is 0.119 e. The van der Waals surface area contributed by atoms with Gasteiger partial charge in [-0.25, -0.2) is 0 Å². The highest BCUT2D eigenvalue weighted by molar-refractivity contribution is 5.92. The highest BCUT2D eigenvalue weighted by atomic mass is 16.5. The summed E-state index contributed by atoms with van der Waals surface area (Å²) in [7, 11) is 1.68. The predicted octanol–water partition coefficient (Wildman–Crippen LogP) is 3.27. The van der Waals surface area contributed by atoms with Crippen LogP contribution in [0.1, 0.15) is 31.4 Å². The molecule has 0 saturated heterocycles. The molecular weight excluding hydrogens is 264 g/mol. The van der Waals surface area contributed by atoms with E-state index in [2.05, 4.69) is 16.4 Å². The number of pyridine rings is 1. The standard InChI is InChI=1S/C17H22N2O2/c1-11-9-17(19-12-3-5-13(20)6-4-12)15-10-14(21-2)7-8-16(15)18-11/h7-10,12-13,20H,3-6H2,1-2H3,(H,18,19). The molecule has 4 heteroatoms. The maximum atomic E-state index is 9.62. The van der Waals surface area contributed by atoms with Crippen LogP contribution in [0.15, 0.2) is 24.3 Å². The second-order valence-corrected chi connectivity index (χ2v) is 5.84. The van der Waals surface area contributed by atoms with Crippen molar-refractivity contribution < 1.29 is 9.84 Å². The van der Waals surface area contributed by atoms with Crippen LogP contribution in [-0.4, -0.2) is 29.3 Å². The smallest absolute Gasteiger partial charge is 0.119 e. The van der Waals surface area contributed by atoms with Gasteiger partial charge in [0, 0.05) is 22.8 Å². The van der Waals surface area contributed by atoms with Crippen LogP contribution in [0, 0.1) is 6.92 Å². The van der Waals surface area contributed by atoms with E-state index in [-0.39, 0.29) is 6.10 Å². The van der Waals surface area contributed by atoms with Crippen molar-refractivity contribution >= 4 is 16.6 Å². The van der Waals surface area contributed by atoms with Crippen LogP contribution in [0.2, 0.25) is 0 Å². The minimum absolute atomic E-state index is 0.126.